The quantitative estimate of drug-likeness (QED) is 0.795. The highest BCUT2D eigenvalue weighted by atomic mass is 16.1. The Labute approximate surface area is 108 Å². The standard InChI is InChI=1S/C14H21N3O/c1-17(2)10-9-16-14(13(15)18)8-7-11-5-3-4-6-12(11)14/h3-6,16H,7-10H2,1-2H3,(H2,15,18). The van der Waals surface area contributed by atoms with Crippen LogP contribution in [0.25, 0.3) is 0 Å². The lowest BCUT2D eigenvalue weighted by atomic mass is 9.91. The molecule has 4 nitrogen and oxygen atoms in total. The molecule has 18 heavy (non-hydrogen) atoms. The number of carbonyl (C=O) groups excluding carboxylic acids is 1. The minimum absolute atomic E-state index is 0.272. The summed E-state index contributed by atoms with van der Waals surface area (Å²) >= 11 is 0. The van der Waals surface area contributed by atoms with Gasteiger partial charge in [0.05, 0.1) is 0 Å². The summed E-state index contributed by atoms with van der Waals surface area (Å²) in [4.78, 5) is 14.0. The minimum Gasteiger partial charge on any atom is -0.368 e. The monoisotopic (exact) mass is 247 g/mol. The summed E-state index contributed by atoms with van der Waals surface area (Å²) in [5.41, 5.74) is 7.26. The Balaban J connectivity index is 2.22. The molecular weight excluding hydrogens is 226 g/mol. The fraction of sp³-hybridized carbons (Fsp3) is 0.500. The van der Waals surface area contributed by atoms with Crippen LogP contribution in [0.4, 0.5) is 0 Å². The predicted molar refractivity (Wildman–Crippen MR) is 72.2 cm³/mol. The molecule has 0 radical (unpaired) electrons. The van der Waals surface area contributed by atoms with Gasteiger partial charge in [-0.25, -0.2) is 0 Å². The van der Waals surface area contributed by atoms with E-state index in [-0.39, 0.29) is 5.91 Å². The second-order valence-corrected chi connectivity index (χ2v) is 5.16. The molecule has 0 bridgehead atoms. The van der Waals surface area contributed by atoms with E-state index in [1.807, 2.05) is 32.3 Å². The van der Waals surface area contributed by atoms with Crippen LogP contribution in [-0.2, 0) is 16.8 Å². The van der Waals surface area contributed by atoms with Gasteiger partial charge in [0.25, 0.3) is 0 Å². The lowest BCUT2D eigenvalue weighted by Gasteiger charge is -2.29. The Hall–Kier alpha value is -1.39. The second kappa shape index (κ2) is 5.08. The molecule has 1 aliphatic rings. The van der Waals surface area contributed by atoms with Crippen molar-refractivity contribution in [3.05, 3.63) is 35.4 Å². The average molecular weight is 247 g/mol. The van der Waals surface area contributed by atoms with Gasteiger partial charge in [0.15, 0.2) is 0 Å². The van der Waals surface area contributed by atoms with Crippen molar-refractivity contribution in [2.75, 3.05) is 27.2 Å². The normalized spacial score (nSPS) is 22.2. The first kappa shape index (κ1) is 13.1. The fourth-order valence-electron chi connectivity index (χ4n) is 2.63. The number of rotatable bonds is 5. The maximum atomic E-state index is 11.9. The van der Waals surface area contributed by atoms with Gasteiger partial charge in [0.2, 0.25) is 5.91 Å². The molecule has 1 amide bonds. The van der Waals surface area contributed by atoms with Crippen LogP contribution >= 0.6 is 0 Å². The molecule has 2 rings (SSSR count). The van der Waals surface area contributed by atoms with Crippen molar-refractivity contribution >= 4 is 5.91 Å². The number of nitrogens with zero attached hydrogens (tertiary/aromatic N) is 1. The highest BCUT2D eigenvalue weighted by Gasteiger charge is 2.43. The van der Waals surface area contributed by atoms with Gasteiger partial charge >= 0.3 is 0 Å². The van der Waals surface area contributed by atoms with Crippen LogP contribution in [-0.4, -0.2) is 38.0 Å². The van der Waals surface area contributed by atoms with Crippen molar-refractivity contribution in [2.45, 2.75) is 18.4 Å². The molecular formula is C14H21N3O. The Morgan fingerprint density at radius 1 is 1.44 bits per heavy atom. The number of hydrogen-bond acceptors (Lipinski definition) is 3. The molecule has 0 aromatic heterocycles. The third kappa shape index (κ3) is 2.26. The van der Waals surface area contributed by atoms with Crippen LogP contribution in [0.5, 0.6) is 0 Å². The zero-order chi connectivity index (χ0) is 13.2. The van der Waals surface area contributed by atoms with E-state index >= 15 is 0 Å². The van der Waals surface area contributed by atoms with E-state index < -0.39 is 5.54 Å². The van der Waals surface area contributed by atoms with E-state index in [1.54, 1.807) is 0 Å². The molecule has 0 heterocycles. The van der Waals surface area contributed by atoms with E-state index in [1.165, 1.54) is 5.56 Å². The maximum Gasteiger partial charge on any atom is 0.242 e. The van der Waals surface area contributed by atoms with Crippen molar-refractivity contribution in [3.63, 3.8) is 0 Å². The predicted octanol–water partition coefficient (Wildman–Crippen LogP) is 0.465. The van der Waals surface area contributed by atoms with Gasteiger partial charge in [-0.2, -0.15) is 0 Å². The number of hydrogen-bond donors (Lipinski definition) is 2. The molecule has 1 atom stereocenters. The number of primary amides is 1. The Kier molecular flexibility index (Phi) is 3.68. The number of fused-ring (bicyclic) bond motifs is 1. The van der Waals surface area contributed by atoms with Gasteiger partial charge in [-0.3, -0.25) is 10.1 Å². The number of amides is 1. The van der Waals surface area contributed by atoms with Crippen molar-refractivity contribution < 1.29 is 4.79 Å². The summed E-state index contributed by atoms with van der Waals surface area (Å²) in [6.45, 7) is 1.64. The molecule has 1 aliphatic carbocycles. The molecule has 1 unspecified atom stereocenters. The first-order valence-corrected chi connectivity index (χ1v) is 6.34. The largest absolute Gasteiger partial charge is 0.368 e. The third-order valence-electron chi connectivity index (χ3n) is 3.65. The van der Waals surface area contributed by atoms with Crippen LogP contribution < -0.4 is 11.1 Å². The molecule has 0 fully saturated rings. The topological polar surface area (TPSA) is 58.4 Å². The average Bonchev–Trinajstić information content (AvgIpc) is 2.69. The van der Waals surface area contributed by atoms with Gasteiger partial charge in [-0.05, 0) is 38.1 Å². The van der Waals surface area contributed by atoms with Crippen molar-refractivity contribution in [2.24, 2.45) is 5.73 Å². The molecule has 0 spiro atoms. The van der Waals surface area contributed by atoms with Crippen LogP contribution in [0.15, 0.2) is 24.3 Å². The van der Waals surface area contributed by atoms with Crippen molar-refractivity contribution in [1.29, 1.82) is 0 Å². The summed E-state index contributed by atoms with van der Waals surface area (Å²) in [6.07, 6.45) is 1.67. The second-order valence-electron chi connectivity index (χ2n) is 5.16. The lowest BCUT2D eigenvalue weighted by molar-refractivity contribution is -0.124. The Bertz CT molecular complexity index is 444. The molecule has 0 aliphatic heterocycles. The van der Waals surface area contributed by atoms with E-state index in [0.717, 1.165) is 31.5 Å². The number of nitrogens with one attached hydrogen (secondary N) is 1. The van der Waals surface area contributed by atoms with Crippen LogP contribution in [0.3, 0.4) is 0 Å². The Morgan fingerprint density at radius 3 is 2.83 bits per heavy atom. The Morgan fingerprint density at radius 2 is 2.17 bits per heavy atom. The number of benzene rings is 1. The molecule has 1 aromatic rings. The number of likely N-dealkylation sites (N-methyl/N-ethyl adjacent to an activating group) is 1. The molecule has 4 heteroatoms. The summed E-state index contributed by atoms with van der Waals surface area (Å²) < 4.78 is 0. The molecule has 1 aromatic carbocycles. The van der Waals surface area contributed by atoms with Gasteiger partial charge in [-0.15, -0.1) is 0 Å². The highest BCUT2D eigenvalue weighted by Crippen LogP contribution is 2.36. The summed E-state index contributed by atoms with van der Waals surface area (Å²) in [7, 11) is 4.03. The number of aryl methyl sites for hydroxylation is 1. The van der Waals surface area contributed by atoms with Crippen LogP contribution in [0.1, 0.15) is 17.5 Å². The first-order valence-electron chi connectivity index (χ1n) is 6.34. The van der Waals surface area contributed by atoms with Gasteiger partial charge in [0, 0.05) is 13.1 Å². The molecule has 3 N–H and O–H groups in total. The van der Waals surface area contributed by atoms with Gasteiger partial charge < -0.3 is 10.6 Å². The summed E-state index contributed by atoms with van der Waals surface area (Å²) in [5.74, 6) is -0.272. The van der Waals surface area contributed by atoms with E-state index in [2.05, 4.69) is 16.3 Å². The summed E-state index contributed by atoms with van der Waals surface area (Å²) in [5, 5.41) is 3.37. The SMILES string of the molecule is CN(C)CCNC1(C(N)=O)CCc2ccccc21. The molecule has 98 valence electrons. The highest BCUT2D eigenvalue weighted by molar-refractivity contribution is 5.87. The molecule has 0 saturated carbocycles. The van der Waals surface area contributed by atoms with Crippen molar-refractivity contribution in [3.8, 4) is 0 Å². The molecule has 0 saturated heterocycles. The van der Waals surface area contributed by atoms with Gasteiger partial charge in [0.1, 0.15) is 5.54 Å². The van der Waals surface area contributed by atoms with E-state index in [0.29, 0.717) is 0 Å². The van der Waals surface area contributed by atoms with Gasteiger partial charge in [-0.1, -0.05) is 24.3 Å². The lowest BCUT2D eigenvalue weighted by Crippen LogP contribution is -2.52. The zero-order valence-corrected chi connectivity index (χ0v) is 11.1. The number of nitrogens with two attached hydrogens (primary N) is 1. The first-order chi connectivity index (χ1) is 8.56. The van der Waals surface area contributed by atoms with E-state index in [4.69, 9.17) is 5.73 Å². The smallest absolute Gasteiger partial charge is 0.242 e. The minimum atomic E-state index is -0.674. The number of carbonyl (C=O) groups is 1. The zero-order valence-electron chi connectivity index (χ0n) is 11.1. The van der Waals surface area contributed by atoms with Crippen molar-refractivity contribution in [1.82, 2.24) is 10.2 Å². The summed E-state index contributed by atoms with van der Waals surface area (Å²) in [6, 6.07) is 8.06. The third-order valence-corrected chi connectivity index (χ3v) is 3.65. The van der Waals surface area contributed by atoms with Crippen LogP contribution in [0.2, 0.25) is 0 Å². The fourth-order valence-corrected chi connectivity index (χ4v) is 2.63. The maximum absolute atomic E-state index is 11.9. The van der Waals surface area contributed by atoms with E-state index in [9.17, 15) is 4.79 Å². The van der Waals surface area contributed by atoms with Crippen LogP contribution in [0, 0.1) is 0 Å².